The van der Waals surface area contributed by atoms with E-state index in [1.54, 1.807) is 6.92 Å². The number of aliphatic hydroxyl groups excluding tert-OH is 2. The number of aryl methyl sites for hydroxylation is 1. The molecule has 22 heavy (non-hydrogen) atoms. The number of aromatic amines is 1. The van der Waals surface area contributed by atoms with E-state index in [4.69, 9.17) is 0 Å². The van der Waals surface area contributed by atoms with Crippen LogP contribution in [0.25, 0.3) is 5.78 Å². The Labute approximate surface area is 125 Å². The first-order valence-electron chi connectivity index (χ1n) is 7.03. The van der Waals surface area contributed by atoms with Crippen LogP contribution in [-0.2, 0) is 11.2 Å². The largest absolute Gasteiger partial charge is 0.390 e. The van der Waals surface area contributed by atoms with Crippen LogP contribution in [0.5, 0.6) is 0 Å². The lowest BCUT2D eigenvalue weighted by molar-refractivity contribution is -0.137. The summed E-state index contributed by atoms with van der Waals surface area (Å²) in [6, 6.07) is 1.37. The minimum absolute atomic E-state index is 0.0232. The summed E-state index contributed by atoms with van der Waals surface area (Å²) in [4.78, 5) is 33.7. The first-order chi connectivity index (χ1) is 10.4. The van der Waals surface area contributed by atoms with Gasteiger partial charge in [0.05, 0.1) is 18.6 Å². The zero-order chi connectivity index (χ0) is 15.9. The highest BCUT2D eigenvalue weighted by molar-refractivity contribution is 5.78. The normalized spacial score (nSPS) is 22.2. The minimum atomic E-state index is -0.930. The molecule has 9 heteroatoms. The second kappa shape index (κ2) is 5.50. The van der Waals surface area contributed by atoms with Gasteiger partial charge < -0.3 is 15.1 Å². The number of β-amino-alcohol motifs (C(OH)–C–C–N with tert-alkyl or cyclic N) is 1. The highest BCUT2D eigenvalue weighted by Gasteiger charge is 2.29. The van der Waals surface area contributed by atoms with Gasteiger partial charge >= 0.3 is 0 Å². The molecule has 3 heterocycles. The number of H-pyrrole nitrogens is 1. The summed E-state index contributed by atoms with van der Waals surface area (Å²) in [6.07, 6.45) is -1.40. The summed E-state index contributed by atoms with van der Waals surface area (Å²) < 4.78 is 1.18. The van der Waals surface area contributed by atoms with Gasteiger partial charge in [-0.25, -0.2) is 4.98 Å². The predicted molar refractivity (Wildman–Crippen MR) is 75.3 cm³/mol. The van der Waals surface area contributed by atoms with Crippen molar-refractivity contribution in [2.75, 3.05) is 13.1 Å². The molecule has 0 bridgehead atoms. The van der Waals surface area contributed by atoms with Crippen LogP contribution in [0.2, 0.25) is 0 Å². The molecule has 2 atom stereocenters. The standard InChI is InChI=1S/C13H17N5O4/c1-7-4-12(22)18-13(14-7)15-10(16-18)5-11(21)17-3-2-8(19)9(20)6-17/h4,8-9,19-20H,2-3,5-6H2,1H3,(H,14,15,16)/t8-,9-/m0/s1. The number of hydrogen-bond donors (Lipinski definition) is 3. The summed E-state index contributed by atoms with van der Waals surface area (Å²) in [5.41, 5.74) is 0.271. The van der Waals surface area contributed by atoms with E-state index >= 15 is 0 Å². The Kier molecular flexibility index (Phi) is 3.67. The van der Waals surface area contributed by atoms with Gasteiger partial charge in [0, 0.05) is 24.8 Å². The third-order valence-corrected chi connectivity index (χ3v) is 3.72. The molecule has 2 aromatic heterocycles. The molecule has 1 aliphatic rings. The number of piperidine rings is 1. The minimum Gasteiger partial charge on any atom is -0.390 e. The molecule has 1 fully saturated rings. The van der Waals surface area contributed by atoms with Crippen molar-refractivity contribution in [3.8, 4) is 0 Å². The van der Waals surface area contributed by atoms with Crippen LogP contribution in [0.15, 0.2) is 10.9 Å². The Morgan fingerprint density at radius 1 is 1.41 bits per heavy atom. The first kappa shape index (κ1) is 14.7. The second-order valence-corrected chi connectivity index (χ2v) is 5.48. The zero-order valence-electron chi connectivity index (χ0n) is 12.1. The molecule has 1 saturated heterocycles. The molecule has 0 aromatic carbocycles. The van der Waals surface area contributed by atoms with Crippen molar-refractivity contribution < 1.29 is 15.0 Å². The summed E-state index contributed by atoms with van der Waals surface area (Å²) in [5, 5.41) is 21.8. The monoisotopic (exact) mass is 307 g/mol. The topological polar surface area (TPSA) is 124 Å². The molecule has 118 valence electrons. The Morgan fingerprint density at radius 3 is 2.91 bits per heavy atom. The number of fused-ring (bicyclic) bond motifs is 1. The van der Waals surface area contributed by atoms with E-state index in [2.05, 4.69) is 15.1 Å². The molecule has 0 radical (unpaired) electrons. The second-order valence-electron chi connectivity index (χ2n) is 5.48. The molecule has 0 saturated carbocycles. The van der Waals surface area contributed by atoms with Crippen molar-refractivity contribution in [1.82, 2.24) is 24.5 Å². The number of carbonyl (C=O) groups is 1. The van der Waals surface area contributed by atoms with E-state index in [0.29, 0.717) is 24.5 Å². The number of carbonyl (C=O) groups excluding carboxylic acids is 1. The maximum atomic E-state index is 12.2. The maximum Gasteiger partial charge on any atom is 0.274 e. The number of nitrogens with one attached hydrogen (secondary N) is 1. The van der Waals surface area contributed by atoms with Gasteiger partial charge in [0.25, 0.3) is 11.3 Å². The maximum absolute atomic E-state index is 12.2. The van der Waals surface area contributed by atoms with Crippen molar-refractivity contribution in [3.05, 3.63) is 27.9 Å². The fourth-order valence-electron chi connectivity index (χ4n) is 2.52. The third-order valence-electron chi connectivity index (χ3n) is 3.72. The summed E-state index contributed by atoms with van der Waals surface area (Å²) in [6.45, 7) is 2.17. The Balaban J connectivity index is 1.77. The summed E-state index contributed by atoms with van der Waals surface area (Å²) >= 11 is 0. The number of amides is 1. The van der Waals surface area contributed by atoms with Crippen LogP contribution < -0.4 is 5.56 Å². The van der Waals surface area contributed by atoms with Crippen molar-refractivity contribution in [3.63, 3.8) is 0 Å². The smallest absolute Gasteiger partial charge is 0.274 e. The van der Waals surface area contributed by atoms with Crippen LogP contribution in [0, 0.1) is 6.92 Å². The molecule has 9 nitrogen and oxygen atoms in total. The van der Waals surface area contributed by atoms with Crippen molar-refractivity contribution >= 4 is 11.7 Å². The van der Waals surface area contributed by atoms with Gasteiger partial charge in [0.15, 0.2) is 0 Å². The highest BCUT2D eigenvalue weighted by atomic mass is 16.3. The number of nitrogens with zero attached hydrogens (tertiary/aromatic N) is 4. The van der Waals surface area contributed by atoms with Gasteiger partial charge in [0.1, 0.15) is 5.82 Å². The van der Waals surface area contributed by atoms with Gasteiger partial charge in [-0.2, -0.15) is 9.50 Å². The van der Waals surface area contributed by atoms with Crippen LogP contribution >= 0.6 is 0 Å². The zero-order valence-corrected chi connectivity index (χ0v) is 12.1. The van der Waals surface area contributed by atoms with Crippen LogP contribution in [0.4, 0.5) is 0 Å². The average molecular weight is 307 g/mol. The SMILES string of the molecule is Cc1cc(=O)n2[nH]c(CC(=O)N3CC[C@H](O)[C@@H](O)C3)nc2n1. The molecule has 0 spiro atoms. The van der Waals surface area contributed by atoms with Gasteiger partial charge in [-0.3, -0.25) is 14.7 Å². The van der Waals surface area contributed by atoms with Gasteiger partial charge in [-0.1, -0.05) is 0 Å². The molecule has 0 unspecified atom stereocenters. The quantitative estimate of drug-likeness (QED) is 0.603. The van der Waals surface area contributed by atoms with Crippen molar-refractivity contribution in [2.45, 2.75) is 32.0 Å². The lowest BCUT2D eigenvalue weighted by Crippen LogP contribution is -2.49. The molecule has 3 rings (SSSR count). The lowest BCUT2D eigenvalue weighted by Gasteiger charge is -2.33. The number of rotatable bonds is 2. The van der Waals surface area contributed by atoms with Crippen LogP contribution in [0.1, 0.15) is 17.9 Å². The molecule has 3 N–H and O–H groups in total. The van der Waals surface area contributed by atoms with Crippen molar-refractivity contribution in [2.24, 2.45) is 0 Å². The summed E-state index contributed by atoms with van der Waals surface area (Å²) in [5.74, 6) is 0.331. The Bertz CT molecular complexity index is 767. The molecule has 0 aliphatic carbocycles. The lowest BCUT2D eigenvalue weighted by atomic mass is 10.0. The van der Waals surface area contributed by atoms with Gasteiger partial charge in [-0.05, 0) is 13.3 Å². The van der Waals surface area contributed by atoms with E-state index < -0.39 is 12.2 Å². The number of aliphatic hydroxyl groups is 2. The molecular weight excluding hydrogens is 290 g/mol. The van der Waals surface area contributed by atoms with E-state index in [9.17, 15) is 19.8 Å². The van der Waals surface area contributed by atoms with E-state index in [-0.39, 0.29) is 30.2 Å². The molecular formula is C13H17N5O4. The van der Waals surface area contributed by atoms with E-state index in [1.807, 2.05) is 0 Å². The van der Waals surface area contributed by atoms with Crippen LogP contribution in [-0.4, -0.2) is 65.9 Å². The molecule has 1 amide bonds. The van der Waals surface area contributed by atoms with Crippen LogP contribution in [0.3, 0.4) is 0 Å². The van der Waals surface area contributed by atoms with E-state index in [0.717, 1.165) is 0 Å². The predicted octanol–water partition coefficient (Wildman–Crippen LogP) is -1.78. The van der Waals surface area contributed by atoms with Crippen molar-refractivity contribution in [1.29, 1.82) is 0 Å². The van der Waals surface area contributed by atoms with Gasteiger partial charge in [-0.15, -0.1) is 0 Å². The molecule has 2 aromatic rings. The average Bonchev–Trinajstić information content (AvgIpc) is 2.84. The van der Waals surface area contributed by atoms with E-state index in [1.165, 1.54) is 15.5 Å². The fourth-order valence-corrected chi connectivity index (χ4v) is 2.52. The summed E-state index contributed by atoms with van der Waals surface area (Å²) in [7, 11) is 0. The highest BCUT2D eigenvalue weighted by Crippen LogP contribution is 2.12. The number of hydrogen-bond acceptors (Lipinski definition) is 6. The third kappa shape index (κ3) is 2.72. The Morgan fingerprint density at radius 2 is 2.18 bits per heavy atom. The number of aromatic nitrogens is 4. The first-order valence-corrected chi connectivity index (χ1v) is 7.03. The Hall–Kier alpha value is -2.26. The fraction of sp³-hybridized carbons (Fsp3) is 0.538. The molecule has 1 aliphatic heterocycles. The number of likely N-dealkylation sites (tertiary alicyclic amines) is 1. The van der Waals surface area contributed by atoms with Gasteiger partial charge in [0.2, 0.25) is 5.91 Å².